The fraction of sp³-hybridized carbons (Fsp3) is 0.154. The summed E-state index contributed by atoms with van der Waals surface area (Å²) in [5.41, 5.74) is 1.08. The van der Waals surface area contributed by atoms with E-state index in [1.807, 2.05) is 6.07 Å². The molecule has 0 unspecified atom stereocenters. The monoisotopic (exact) mass is 557 g/mol. The van der Waals surface area contributed by atoms with E-state index >= 15 is 0 Å². The first kappa shape index (κ1) is 28.1. The first-order valence-electron chi connectivity index (χ1n) is 10.8. The summed E-state index contributed by atoms with van der Waals surface area (Å²) in [6, 6.07) is 13.8. The van der Waals surface area contributed by atoms with E-state index in [9.17, 15) is 20.2 Å². The Hall–Kier alpha value is -4.46. The van der Waals surface area contributed by atoms with Gasteiger partial charge in [-0.1, -0.05) is 23.2 Å². The van der Waals surface area contributed by atoms with Gasteiger partial charge in [0.15, 0.2) is 11.5 Å². The van der Waals surface area contributed by atoms with Crippen molar-refractivity contribution in [1.29, 1.82) is 5.26 Å². The molecule has 0 atom stereocenters. The summed E-state index contributed by atoms with van der Waals surface area (Å²) in [7, 11) is 4.25. The molecule has 0 spiro atoms. The highest BCUT2D eigenvalue weighted by molar-refractivity contribution is 6.33. The zero-order chi connectivity index (χ0) is 27.8. The van der Waals surface area contributed by atoms with Crippen LogP contribution in [0.15, 0.2) is 54.1 Å². The molecule has 0 radical (unpaired) electrons. The van der Waals surface area contributed by atoms with Gasteiger partial charge in [0.25, 0.3) is 11.6 Å². The molecule has 0 aliphatic heterocycles. The summed E-state index contributed by atoms with van der Waals surface area (Å²) in [5, 5.41) is 23.5. The lowest BCUT2D eigenvalue weighted by atomic mass is 10.1. The lowest BCUT2D eigenvalue weighted by Crippen LogP contribution is -2.14. The zero-order valence-corrected chi connectivity index (χ0v) is 21.9. The minimum Gasteiger partial charge on any atom is -0.495 e. The number of ether oxygens (including phenoxy) is 4. The summed E-state index contributed by atoms with van der Waals surface area (Å²) in [5.74, 6) is 0.369. The molecular formula is C26H21Cl2N3O7. The molecule has 196 valence electrons. The number of halogens is 2. The average molecular weight is 558 g/mol. The highest BCUT2D eigenvalue weighted by atomic mass is 35.5. The molecule has 12 heteroatoms. The second kappa shape index (κ2) is 12.7. The van der Waals surface area contributed by atoms with Gasteiger partial charge in [-0.05, 0) is 41.5 Å². The van der Waals surface area contributed by atoms with Gasteiger partial charge in [0.2, 0.25) is 0 Å². The number of hydrogen-bond acceptors (Lipinski definition) is 8. The van der Waals surface area contributed by atoms with Gasteiger partial charge in [-0.25, -0.2) is 0 Å². The van der Waals surface area contributed by atoms with Crippen LogP contribution in [0.5, 0.6) is 23.0 Å². The maximum Gasteiger partial charge on any atom is 0.269 e. The Labute approximate surface area is 228 Å². The van der Waals surface area contributed by atoms with Crippen LogP contribution in [0.1, 0.15) is 11.1 Å². The van der Waals surface area contributed by atoms with Crippen LogP contribution in [0, 0.1) is 21.4 Å². The fourth-order valence-electron chi connectivity index (χ4n) is 3.30. The first-order valence-corrected chi connectivity index (χ1v) is 11.5. The second-order valence-corrected chi connectivity index (χ2v) is 8.37. The van der Waals surface area contributed by atoms with E-state index in [0.717, 1.165) is 0 Å². The fourth-order valence-corrected chi connectivity index (χ4v) is 3.80. The van der Waals surface area contributed by atoms with Crippen LogP contribution >= 0.6 is 23.2 Å². The summed E-state index contributed by atoms with van der Waals surface area (Å²) < 4.78 is 21.6. The van der Waals surface area contributed by atoms with Crippen LogP contribution in [-0.4, -0.2) is 32.2 Å². The number of carbonyl (C=O) groups excluding carboxylic acids is 1. The molecule has 3 aromatic carbocycles. The van der Waals surface area contributed by atoms with Crippen molar-refractivity contribution in [3.63, 3.8) is 0 Å². The van der Waals surface area contributed by atoms with Gasteiger partial charge >= 0.3 is 0 Å². The van der Waals surface area contributed by atoms with Crippen molar-refractivity contribution in [2.24, 2.45) is 0 Å². The predicted octanol–water partition coefficient (Wildman–Crippen LogP) is 6.05. The van der Waals surface area contributed by atoms with Crippen LogP contribution in [0.25, 0.3) is 6.08 Å². The second-order valence-electron chi connectivity index (χ2n) is 7.56. The molecule has 10 nitrogen and oxygen atoms in total. The van der Waals surface area contributed by atoms with E-state index in [1.54, 1.807) is 18.2 Å². The lowest BCUT2D eigenvalue weighted by Gasteiger charge is -2.14. The van der Waals surface area contributed by atoms with Crippen molar-refractivity contribution >= 4 is 46.6 Å². The van der Waals surface area contributed by atoms with Crippen molar-refractivity contribution in [3.8, 4) is 29.1 Å². The van der Waals surface area contributed by atoms with Crippen molar-refractivity contribution in [2.75, 3.05) is 26.6 Å². The number of nitro benzene ring substituents is 1. The summed E-state index contributed by atoms with van der Waals surface area (Å²) in [6.07, 6.45) is 1.34. The first-order chi connectivity index (χ1) is 18.2. The quantitative estimate of drug-likeness (QED) is 0.138. The van der Waals surface area contributed by atoms with Gasteiger partial charge in [0.1, 0.15) is 29.7 Å². The maximum absolute atomic E-state index is 12.9. The molecule has 0 saturated carbocycles. The van der Waals surface area contributed by atoms with Crippen molar-refractivity contribution in [2.45, 2.75) is 6.61 Å². The molecule has 0 fully saturated rings. The van der Waals surface area contributed by atoms with Crippen molar-refractivity contribution in [3.05, 3.63) is 85.4 Å². The van der Waals surface area contributed by atoms with E-state index in [2.05, 4.69) is 5.32 Å². The standard InChI is InChI=1S/C26H21Cl2N3O7/c1-35-22-12-21(23(36-2)11-19(22)27)30-26(32)17(13-29)8-16-9-20(28)25(24(10-16)37-3)38-14-15-4-6-18(7-5-15)31(33)34/h4-12H,14H2,1-3H3,(H,30,32)/b17-8+. The lowest BCUT2D eigenvalue weighted by molar-refractivity contribution is -0.384. The SMILES string of the molecule is COc1cc(NC(=O)/C(C#N)=C/c2cc(Cl)c(OCc3ccc([N+](=O)[O-])cc3)c(OC)c2)c(OC)cc1Cl. The van der Waals surface area contributed by atoms with Crippen LogP contribution in [0.3, 0.4) is 0 Å². The number of carbonyl (C=O) groups is 1. The number of benzene rings is 3. The van der Waals surface area contributed by atoms with Crippen LogP contribution < -0.4 is 24.3 Å². The number of nitro groups is 1. The summed E-state index contributed by atoms with van der Waals surface area (Å²) in [4.78, 5) is 23.2. The average Bonchev–Trinajstić information content (AvgIpc) is 2.91. The third-order valence-corrected chi connectivity index (χ3v) is 5.76. The molecule has 1 N–H and O–H groups in total. The van der Waals surface area contributed by atoms with Crippen molar-refractivity contribution < 1.29 is 28.7 Å². The molecular weight excluding hydrogens is 537 g/mol. The number of methoxy groups -OCH3 is 3. The highest BCUT2D eigenvalue weighted by Crippen LogP contribution is 2.38. The number of anilines is 1. The molecule has 0 bridgehead atoms. The minimum absolute atomic E-state index is 0.0357. The van der Waals surface area contributed by atoms with E-state index in [0.29, 0.717) is 16.9 Å². The molecule has 38 heavy (non-hydrogen) atoms. The number of nitrogens with zero attached hydrogens (tertiary/aromatic N) is 2. The minimum atomic E-state index is -0.705. The van der Waals surface area contributed by atoms with Gasteiger partial charge in [-0.2, -0.15) is 5.26 Å². The molecule has 0 aromatic heterocycles. The van der Waals surface area contributed by atoms with Gasteiger partial charge in [-0.15, -0.1) is 0 Å². The summed E-state index contributed by atoms with van der Waals surface area (Å²) in [6.45, 7) is 0.0709. The Morgan fingerprint density at radius 1 is 1.00 bits per heavy atom. The molecule has 0 aliphatic carbocycles. The van der Waals surface area contributed by atoms with E-state index in [1.165, 1.54) is 57.7 Å². The van der Waals surface area contributed by atoms with Gasteiger partial charge < -0.3 is 24.3 Å². The van der Waals surface area contributed by atoms with Crippen LogP contribution in [-0.2, 0) is 11.4 Å². The van der Waals surface area contributed by atoms with E-state index < -0.39 is 10.8 Å². The third kappa shape index (κ3) is 6.64. The van der Waals surface area contributed by atoms with Crippen LogP contribution in [0.4, 0.5) is 11.4 Å². The molecule has 0 heterocycles. The Balaban J connectivity index is 1.83. The number of hydrogen-bond donors (Lipinski definition) is 1. The molecule has 3 aromatic rings. The molecule has 3 rings (SSSR count). The molecule has 0 aliphatic rings. The number of nitriles is 1. The van der Waals surface area contributed by atoms with Crippen LogP contribution in [0.2, 0.25) is 10.0 Å². The van der Waals surface area contributed by atoms with E-state index in [4.69, 9.17) is 42.1 Å². The number of rotatable bonds is 10. The Bertz CT molecular complexity index is 1430. The Morgan fingerprint density at radius 3 is 2.24 bits per heavy atom. The van der Waals surface area contributed by atoms with Gasteiger partial charge in [0, 0.05) is 24.3 Å². The smallest absolute Gasteiger partial charge is 0.269 e. The normalized spacial score (nSPS) is 10.8. The highest BCUT2D eigenvalue weighted by Gasteiger charge is 2.17. The predicted molar refractivity (Wildman–Crippen MR) is 142 cm³/mol. The number of non-ortho nitro benzene ring substituents is 1. The Morgan fingerprint density at radius 2 is 1.66 bits per heavy atom. The maximum atomic E-state index is 12.9. The number of amides is 1. The van der Waals surface area contributed by atoms with E-state index in [-0.39, 0.29) is 50.8 Å². The third-order valence-electron chi connectivity index (χ3n) is 5.18. The van der Waals surface area contributed by atoms with Gasteiger partial charge in [0.05, 0.1) is 42.0 Å². The van der Waals surface area contributed by atoms with Gasteiger partial charge in [-0.3, -0.25) is 14.9 Å². The molecule has 0 saturated heterocycles. The molecule has 1 amide bonds. The Kier molecular flexibility index (Phi) is 9.38. The topological polar surface area (TPSA) is 133 Å². The largest absolute Gasteiger partial charge is 0.495 e. The number of nitrogens with one attached hydrogen (secondary N) is 1. The van der Waals surface area contributed by atoms with Crippen molar-refractivity contribution in [1.82, 2.24) is 0 Å². The zero-order valence-electron chi connectivity index (χ0n) is 20.4. The summed E-state index contributed by atoms with van der Waals surface area (Å²) >= 11 is 12.5.